The summed E-state index contributed by atoms with van der Waals surface area (Å²) in [7, 11) is 1.89. The number of aromatic nitrogens is 1. The third kappa shape index (κ3) is 6.53. The average molecular weight is 643 g/mol. The van der Waals surface area contributed by atoms with Crippen LogP contribution in [0.25, 0.3) is 0 Å². The number of carbonyl (C=O) groups excluding carboxylic acids is 3. The number of Topliss-reactive ketones (excluding diaryl/α,β-unsaturated/α-hetero) is 2. The number of anilines is 2. The van der Waals surface area contributed by atoms with Gasteiger partial charge in [0.25, 0.3) is 0 Å². The lowest BCUT2D eigenvalue weighted by Gasteiger charge is -2.37. The van der Waals surface area contributed by atoms with E-state index in [0.29, 0.717) is 23.4 Å². The number of aliphatic hydroxyl groups is 1. The summed E-state index contributed by atoms with van der Waals surface area (Å²) in [6.45, 7) is 0. The van der Waals surface area contributed by atoms with Crippen molar-refractivity contribution in [3.63, 3.8) is 0 Å². The number of rotatable bonds is 10. The summed E-state index contributed by atoms with van der Waals surface area (Å²) in [4.78, 5) is 48.8. The van der Waals surface area contributed by atoms with Gasteiger partial charge >= 0.3 is 0 Å². The molecule has 5 aromatic rings. The Morgan fingerprint density at radius 2 is 1.40 bits per heavy atom. The van der Waals surface area contributed by atoms with Crippen molar-refractivity contribution in [2.75, 3.05) is 11.9 Å². The van der Waals surface area contributed by atoms with Crippen LogP contribution < -0.4 is 4.90 Å². The van der Waals surface area contributed by atoms with Crippen LogP contribution in [0.1, 0.15) is 86.1 Å². The number of carbonyl (C=O) groups is 3. The second-order valence-corrected chi connectivity index (χ2v) is 12.5. The van der Waals surface area contributed by atoms with Gasteiger partial charge in [-0.15, -0.1) is 0 Å². The minimum Gasteiger partial charge on any atom is -0.380 e. The minimum atomic E-state index is -1.51. The molecule has 1 aromatic heterocycles. The number of benzene rings is 4. The van der Waals surface area contributed by atoms with Crippen LogP contribution >= 0.6 is 11.6 Å². The first-order valence-electron chi connectivity index (χ1n) is 15.8. The lowest BCUT2D eigenvalue weighted by atomic mass is 9.65. The van der Waals surface area contributed by atoms with Gasteiger partial charge in [0.15, 0.2) is 11.6 Å². The highest BCUT2D eigenvalue weighted by Crippen LogP contribution is 2.43. The van der Waals surface area contributed by atoms with Gasteiger partial charge in [0, 0.05) is 34.4 Å². The first-order chi connectivity index (χ1) is 22.8. The molecule has 1 aliphatic carbocycles. The lowest BCUT2D eigenvalue weighted by molar-refractivity contribution is 0.0736. The number of ketones is 3. The van der Waals surface area contributed by atoms with Gasteiger partial charge in [-0.3, -0.25) is 19.4 Å². The van der Waals surface area contributed by atoms with Gasteiger partial charge < -0.3 is 10.0 Å². The smallest absolute Gasteiger partial charge is 0.211 e. The van der Waals surface area contributed by atoms with Crippen molar-refractivity contribution in [3.8, 4) is 0 Å². The van der Waals surface area contributed by atoms with Gasteiger partial charge in [0.2, 0.25) is 5.78 Å². The number of pyridine rings is 1. The molecule has 0 amide bonds. The molecular formula is C40H35ClN2O4. The Balaban J connectivity index is 1.38. The molecule has 236 valence electrons. The number of hydrogen-bond acceptors (Lipinski definition) is 6. The Bertz CT molecular complexity index is 1890. The normalized spacial score (nSPS) is 14.6. The summed E-state index contributed by atoms with van der Waals surface area (Å²) in [6.07, 6.45) is 4.24. The van der Waals surface area contributed by atoms with Gasteiger partial charge in [-0.2, -0.15) is 0 Å². The molecule has 0 spiro atoms. The van der Waals surface area contributed by atoms with E-state index in [1.54, 1.807) is 72.9 Å². The monoisotopic (exact) mass is 642 g/mol. The molecule has 47 heavy (non-hydrogen) atoms. The molecule has 0 saturated heterocycles. The molecule has 6 rings (SSSR count). The van der Waals surface area contributed by atoms with Crippen molar-refractivity contribution in [1.29, 1.82) is 0 Å². The van der Waals surface area contributed by atoms with Crippen LogP contribution in [0, 0.1) is 0 Å². The number of halogens is 1. The summed E-state index contributed by atoms with van der Waals surface area (Å²) in [6, 6.07) is 33.8. The molecule has 1 saturated carbocycles. The maximum Gasteiger partial charge on any atom is 0.211 e. The zero-order valence-electron chi connectivity index (χ0n) is 26.1. The van der Waals surface area contributed by atoms with E-state index >= 15 is 0 Å². The molecule has 0 radical (unpaired) electrons. The fourth-order valence-corrected chi connectivity index (χ4v) is 6.64. The third-order valence-corrected chi connectivity index (χ3v) is 9.46. The fraction of sp³-hybridized carbons (Fsp3) is 0.200. The van der Waals surface area contributed by atoms with Crippen molar-refractivity contribution in [2.24, 2.45) is 0 Å². The van der Waals surface area contributed by atoms with E-state index < -0.39 is 23.1 Å². The van der Waals surface area contributed by atoms with Gasteiger partial charge in [-0.05, 0) is 72.5 Å². The molecule has 7 heteroatoms. The molecular weight excluding hydrogens is 608 g/mol. The highest BCUT2D eigenvalue weighted by molar-refractivity contribution is 6.30. The number of hydrogen-bond donors (Lipinski definition) is 1. The maximum atomic E-state index is 14.7. The molecule has 0 aliphatic heterocycles. The zero-order valence-corrected chi connectivity index (χ0v) is 26.9. The van der Waals surface area contributed by atoms with Crippen molar-refractivity contribution >= 4 is 40.3 Å². The van der Waals surface area contributed by atoms with E-state index in [9.17, 15) is 19.5 Å². The third-order valence-electron chi connectivity index (χ3n) is 9.21. The molecule has 1 N–H and O–H groups in total. The van der Waals surface area contributed by atoms with E-state index in [1.807, 2.05) is 54.4 Å². The lowest BCUT2D eigenvalue weighted by Crippen LogP contribution is -2.39. The summed E-state index contributed by atoms with van der Waals surface area (Å²) in [5.74, 6) is -1.21. The predicted octanol–water partition coefficient (Wildman–Crippen LogP) is 8.74. The molecule has 1 aliphatic rings. The Hall–Kier alpha value is -4.91. The maximum absolute atomic E-state index is 14.7. The summed E-state index contributed by atoms with van der Waals surface area (Å²) >= 11 is 6.03. The van der Waals surface area contributed by atoms with Crippen LogP contribution in [0.2, 0.25) is 5.02 Å². The molecule has 1 fully saturated rings. The standard InChI is InChI=1S/C40H35ClN2O4/c1-43(31-18-16-30(41)17-19-31)32-20-22-35(42-26-32)36(44)28-15-21-33(34(25-28)38(46)37(45)27-11-5-2-6-12-27)39(47)40(23-9-4-10-24-40)29-13-7-3-8-14-29/h2-3,5-8,11-22,25-26,37,45H,4,9-10,23-24H2,1H3. The Kier molecular flexibility index (Phi) is 9.43. The number of nitrogens with zero attached hydrogens (tertiary/aromatic N) is 2. The molecule has 1 unspecified atom stereocenters. The first kappa shape index (κ1) is 32.0. The largest absolute Gasteiger partial charge is 0.380 e. The topological polar surface area (TPSA) is 87.6 Å². The molecule has 6 nitrogen and oxygen atoms in total. The molecule has 1 atom stereocenters. The second kappa shape index (κ2) is 13.8. The van der Waals surface area contributed by atoms with Crippen molar-refractivity contribution in [2.45, 2.75) is 43.6 Å². The van der Waals surface area contributed by atoms with Crippen LogP contribution in [0.5, 0.6) is 0 Å². The summed E-state index contributed by atoms with van der Waals surface area (Å²) in [5.41, 5.74) is 2.82. The molecule has 4 aromatic carbocycles. The molecule has 0 bridgehead atoms. The van der Waals surface area contributed by atoms with E-state index in [4.69, 9.17) is 11.6 Å². The van der Waals surface area contributed by atoms with Crippen LogP contribution in [-0.2, 0) is 5.41 Å². The first-order valence-corrected chi connectivity index (χ1v) is 16.2. The Labute approximate surface area is 279 Å². The van der Waals surface area contributed by atoms with E-state index in [1.165, 1.54) is 6.07 Å². The predicted molar refractivity (Wildman–Crippen MR) is 185 cm³/mol. The van der Waals surface area contributed by atoms with Crippen LogP contribution in [0.15, 0.2) is 121 Å². The second-order valence-electron chi connectivity index (χ2n) is 12.0. The number of aliphatic hydroxyl groups excluding tert-OH is 1. The van der Waals surface area contributed by atoms with Crippen molar-refractivity contribution < 1.29 is 19.5 Å². The van der Waals surface area contributed by atoms with Gasteiger partial charge in [-0.1, -0.05) is 97.6 Å². The zero-order chi connectivity index (χ0) is 33.0. The highest BCUT2D eigenvalue weighted by atomic mass is 35.5. The van der Waals surface area contributed by atoms with Crippen LogP contribution in [-0.4, -0.2) is 34.5 Å². The van der Waals surface area contributed by atoms with Gasteiger partial charge in [-0.25, -0.2) is 0 Å². The van der Waals surface area contributed by atoms with E-state index in [2.05, 4.69) is 4.98 Å². The van der Waals surface area contributed by atoms with Crippen LogP contribution in [0.3, 0.4) is 0 Å². The van der Waals surface area contributed by atoms with Crippen molar-refractivity contribution in [1.82, 2.24) is 4.98 Å². The Morgan fingerprint density at radius 1 is 0.766 bits per heavy atom. The Morgan fingerprint density at radius 3 is 2.04 bits per heavy atom. The quantitative estimate of drug-likeness (QED) is 0.153. The van der Waals surface area contributed by atoms with Gasteiger partial charge in [0.1, 0.15) is 11.8 Å². The van der Waals surface area contributed by atoms with Crippen LogP contribution in [0.4, 0.5) is 11.4 Å². The minimum absolute atomic E-state index is 0.0252. The molecule has 1 heterocycles. The van der Waals surface area contributed by atoms with E-state index in [-0.39, 0.29) is 28.2 Å². The summed E-state index contributed by atoms with van der Waals surface area (Å²) < 4.78 is 0. The SMILES string of the molecule is CN(c1ccc(Cl)cc1)c1ccc(C(=O)c2ccc(C(=O)C3(c4ccccc4)CCCCC3)c(C(=O)C(O)c3ccccc3)c2)nc1. The van der Waals surface area contributed by atoms with E-state index in [0.717, 1.165) is 36.2 Å². The highest BCUT2D eigenvalue weighted by Gasteiger charge is 2.43. The fourth-order valence-electron chi connectivity index (χ4n) is 6.52. The van der Waals surface area contributed by atoms with Crippen molar-refractivity contribution in [3.05, 3.63) is 160 Å². The van der Waals surface area contributed by atoms with Gasteiger partial charge in [0.05, 0.1) is 17.3 Å². The summed E-state index contributed by atoms with van der Waals surface area (Å²) in [5, 5.41) is 11.8. The average Bonchev–Trinajstić information content (AvgIpc) is 3.14.